The van der Waals surface area contributed by atoms with Crippen LogP contribution in [0.1, 0.15) is 5.56 Å². The summed E-state index contributed by atoms with van der Waals surface area (Å²) < 4.78 is 88.3. The molecule has 0 saturated heterocycles. The van der Waals surface area contributed by atoms with Gasteiger partial charge in [-0.1, -0.05) is 12.1 Å². The zero-order chi connectivity index (χ0) is 15.4. The Hall–Kier alpha value is -1.51. The molecule has 1 N–H and O–H groups in total. The number of hydrogen-bond donors (Lipinski definition) is 1. The maximum Gasteiger partial charge on any atom is 0.573 e. The predicted molar refractivity (Wildman–Crippen MR) is 55.8 cm³/mol. The van der Waals surface area contributed by atoms with Crippen LogP contribution in [-0.4, -0.2) is 25.3 Å². The zero-order valence-electron chi connectivity index (χ0n) is 9.85. The molecular formula is C11H10F7NO. The van der Waals surface area contributed by atoms with Gasteiger partial charge in [-0.05, 0) is 17.7 Å². The molecule has 114 valence electrons. The summed E-state index contributed by atoms with van der Waals surface area (Å²) in [6, 6.07) is 4.58. The lowest BCUT2D eigenvalue weighted by Crippen LogP contribution is -2.38. The maximum absolute atomic E-state index is 12.6. The molecular weight excluding hydrogens is 295 g/mol. The first-order valence-corrected chi connectivity index (χ1v) is 5.31. The Kier molecular flexibility index (Phi) is 5.21. The Morgan fingerprint density at radius 3 is 2.30 bits per heavy atom. The van der Waals surface area contributed by atoms with Crippen molar-refractivity contribution in [2.75, 3.05) is 6.54 Å². The van der Waals surface area contributed by atoms with E-state index in [1.54, 1.807) is 0 Å². The van der Waals surface area contributed by atoms with Crippen LogP contribution in [0.3, 0.4) is 0 Å². The van der Waals surface area contributed by atoms with E-state index in [1.165, 1.54) is 12.1 Å². The van der Waals surface area contributed by atoms with Crippen LogP contribution in [0, 0.1) is 0 Å². The first-order valence-electron chi connectivity index (χ1n) is 5.31. The van der Waals surface area contributed by atoms with Gasteiger partial charge >= 0.3 is 18.7 Å². The molecule has 0 spiro atoms. The molecule has 0 unspecified atom stereocenters. The van der Waals surface area contributed by atoms with Crippen LogP contribution in [0.25, 0.3) is 0 Å². The third-order valence-electron chi connectivity index (χ3n) is 2.14. The highest BCUT2D eigenvalue weighted by Crippen LogP contribution is 2.24. The molecule has 0 bridgehead atoms. The van der Waals surface area contributed by atoms with Crippen molar-refractivity contribution in [2.24, 2.45) is 0 Å². The summed E-state index contributed by atoms with van der Waals surface area (Å²) >= 11 is 0. The van der Waals surface area contributed by atoms with Crippen molar-refractivity contribution in [3.05, 3.63) is 29.8 Å². The second kappa shape index (κ2) is 6.29. The highest BCUT2D eigenvalue weighted by Gasteiger charge is 2.40. The summed E-state index contributed by atoms with van der Waals surface area (Å²) in [7, 11) is 0. The van der Waals surface area contributed by atoms with Crippen LogP contribution in [0.15, 0.2) is 24.3 Å². The number of benzene rings is 1. The lowest BCUT2D eigenvalue weighted by molar-refractivity contribution is -0.274. The molecule has 0 aliphatic carbocycles. The van der Waals surface area contributed by atoms with E-state index >= 15 is 0 Å². The molecule has 0 heterocycles. The Morgan fingerprint density at radius 2 is 1.75 bits per heavy atom. The van der Waals surface area contributed by atoms with Gasteiger partial charge in [0, 0.05) is 6.54 Å². The van der Waals surface area contributed by atoms with Gasteiger partial charge in [0.15, 0.2) is 0 Å². The van der Waals surface area contributed by atoms with Crippen molar-refractivity contribution in [2.45, 2.75) is 25.3 Å². The van der Waals surface area contributed by atoms with E-state index < -0.39 is 31.0 Å². The van der Waals surface area contributed by atoms with Crippen LogP contribution in [0.2, 0.25) is 0 Å². The van der Waals surface area contributed by atoms with E-state index in [1.807, 2.05) is 5.32 Å². The smallest absolute Gasteiger partial charge is 0.406 e. The molecule has 2 nitrogen and oxygen atoms in total. The highest BCUT2D eigenvalue weighted by atomic mass is 19.4. The topological polar surface area (TPSA) is 21.3 Å². The maximum atomic E-state index is 12.6. The van der Waals surface area contributed by atoms with Gasteiger partial charge in [0.1, 0.15) is 5.75 Å². The predicted octanol–water partition coefficient (Wildman–Crippen LogP) is 3.58. The Morgan fingerprint density at radius 1 is 1.10 bits per heavy atom. The van der Waals surface area contributed by atoms with Crippen molar-refractivity contribution in [1.29, 1.82) is 0 Å². The van der Waals surface area contributed by atoms with Gasteiger partial charge in [0.25, 0.3) is 0 Å². The Balaban J connectivity index is 2.55. The number of hydrogen-bond acceptors (Lipinski definition) is 2. The molecule has 0 aromatic heterocycles. The average Bonchev–Trinajstić information content (AvgIpc) is 2.26. The molecule has 0 fully saturated rings. The SMILES string of the molecule is FC(F)C(F)(F)CNCc1cccc(OC(F)(F)F)c1. The zero-order valence-corrected chi connectivity index (χ0v) is 9.85. The van der Waals surface area contributed by atoms with Crippen LogP contribution in [0.4, 0.5) is 30.7 Å². The van der Waals surface area contributed by atoms with Crippen LogP contribution < -0.4 is 10.1 Å². The van der Waals surface area contributed by atoms with Crippen molar-refractivity contribution in [3.63, 3.8) is 0 Å². The number of ether oxygens (including phenoxy) is 1. The molecule has 1 aromatic carbocycles. The van der Waals surface area contributed by atoms with E-state index in [2.05, 4.69) is 4.74 Å². The molecule has 0 atom stereocenters. The molecule has 1 rings (SSSR count). The summed E-state index contributed by atoms with van der Waals surface area (Å²) in [5.41, 5.74) is 0.191. The number of alkyl halides is 7. The fourth-order valence-corrected chi connectivity index (χ4v) is 1.30. The van der Waals surface area contributed by atoms with Gasteiger partial charge in [-0.25, -0.2) is 8.78 Å². The largest absolute Gasteiger partial charge is 0.573 e. The first kappa shape index (κ1) is 16.5. The van der Waals surface area contributed by atoms with E-state index in [-0.39, 0.29) is 12.1 Å². The van der Waals surface area contributed by atoms with Crippen LogP contribution in [-0.2, 0) is 6.54 Å². The van der Waals surface area contributed by atoms with Crippen molar-refractivity contribution in [3.8, 4) is 5.75 Å². The second-order valence-electron chi connectivity index (χ2n) is 3.86. The fourth-order valence-electron chi connectivity index (χ4n) is 1.30. The molecule has 0 aliphatic rings. The van der Waals surface area contributed by atoms with Gasteiger partial charge < -0.3 is 10.1 Å². The average molecular weight is 305 g/mol. The van der Waals surface area contributed by atoms with Crippen LogP contribution in [0.5, 0.6) is 5.75 Å². The minimum Gasteiger partial charge on any atom is -0.406 e. The van der Waals surface area contributed by atoms with Crippen molar-refractivity contribution in [1.82, 2.24) is 5.32 Å². The summed E-state index contributed by atoms with van der Waals surface area (Å²) in [5, 5.41) is 2.05. The summed E-state index contributed by atoms with van der Waals surface area (Å²) in [6.07, 6.45) is -8.68. The number of rotatable bonds is 6. The minimum atomic E-state index is -4.87. The fraction of sp³-hybridized carbons (Fsp3) is 0.455. The van der Waals surface area contributed by atoms with Gasteiger partial charge in [0.2, 0.25) is 0 Å². The lowest BCUT2D eigenvalue weighted by Gasteiger charge is -2.16. The Bertz CT molecular complexity index is 433. The van der Waals surface area contributed by atoms with E-state index in [9.17, 15) is 30.7 Å². The molecule has 9 heteroatoms. The van der Waals surface area contributed by atoms with Gasteiger partial charge in [0.05, 0.1) is 6.54 Å². The molecule has 1 aromatic rings. The minimum absolute atomic E-state index is 0.191. The van der Waals surface area contributed by atoms with E-state index in [0.717, 1.165) is 12.1 Å². The van der Waals surface area contributed by atoms with E-state index in [0.29, 0.717) is 0 Å². The van der Waals surface area contributed by atoms with Crippen LogP contribution >= 0.6 is 0 Å². The van der Waals surface area contributed by atoms with Gasteiger partial charge in [-0.3, -0.25) is 0 Å². The second-order valence-corrected chi connectivity index (χ2v) is 3.86. The molecule has 0 amide bonds. The van der Waals surface area contributed by atoms with Crippen molar-refractivity contribution < 1.29 is 35.5 Å². The van der Waals surface area contributed by atoms with Crippen molar-refractivity contribution >= 4 is 0 Å². The standard InChI is InChI=1S/C11H10F7NO/c12-9(13)10(14,15)6-19-5-7-2-1-3-8(4-7)20-11(16,17)18/h1-4,9,19H,5-6H2. The monoisotopic (exact) mass is 305 g/mol. The molecule has 20 heavy (non-hydrogen) atoms. The molecule has 0 aliphatic heterocycles. The Labute approximate surface area is 109 Å². The summed E-state index contributed by atoms with van der Waals surface area (Å²) in [4.78, 5) is 0. The molecule has 0 radical (unpaired) electrons. The third kappa shape index (κ3) is 5.64. The third-order valence-corrected chi connectivity index (χ3v) is 2.14. The van der Waals surface area contributed by atoms with Gasteiger partial charge in [-0.2, -0.15) is 8.78 Å². The number of nitrogens with one attached hydrogen (secondary N) is 1. The van der Waals surface area contributed by atoms with Gasteiger partial charge in [-0.15, -0.1) is 13.2 Å². The summed E-state index contributed by atoms with van der Waals surface area (Å²) in [6.45, 7) is -1.58. The quantitative estimate of drug-likeness (QED) is 0.811. The number of halogens is 7. The first-order chi connectivity index (χ1) is 9.10. The molecule has 0 saturated carbocycles. The highest BCUT2D eigenvalue weighted by molar-refractivity contribution is 5.28. The summed E-state index contributed by atoms with van der Waals surface area (Å²) in [5.74, 6) is -4.71. The normalized spacial score (nSPS) is 12.8. The van der Waals surface area contributed by atoms with E-state index in [4.69, 9.17) is 0 Å². The lowest BCUT2D eigenvalue weighted by atomic mass is 10.2.